The van der Waals surface area contributed by atoms with E-state index in [0.717, 1.165) is 11.5 Å². The fourth-order valence-electron chi connectivity index (χ4n) is 5.31. The van der Waals surface area contributed by atoms with Gasteiger partial charge in [0, 0.05) is 5.41 Å². The molecule has 3 rings (SSSR count). The van der Waals surface area contributed by atoms with Gasteiger partial charge in [-0.1, -0.05) is 101 Å². The van der Waals surface area contributed by atoms with E-state index < -0.39 is 0 Å². The molecule has 0 bridgehead atoms. The summed E-state index contributed by atoms with van der Waals surface area (Å²) in [6, 6.07) is 17.8. The summed E-state index contributed by atoms with van der Waals surface area (Å²) in [6.45, 7) is 0. The van der Waals surface area contributed by atoms with Crippen molar-refractivity contribution < 1.29 is 9.47 Å². The first kappa shape index (κ1) is 23.7. The molecular formula is C29H42O2. The van der Waals surface area contributed by atoms with Crippen molar-refractivity contribution in [3.63, 3.8) is 0 Å². The second-order valence-electron chi connectivity index (χ2n) is 9.28. The lowest BCUT2D eigenvalue weighted by molar-refractivity contribution is 0.387. The number of hydrogen-bond donors (Lipinski definition) is 0. The van der Waals surface area contributed by atoms with Crippen LogP contribution < -0.4 is 9.47 Å². The van der Waals surface area contributed by atoms with Gasteiger partial charge in [0.05, 0.1) is 14.2 Å². The number of rotatable bonds is 4. The third kappa shape index (κ3) is 6.76. The van der Waals surface area contributed by atoms with E-state index in [4.69, 9.17) is 9.47 Å². The largest absolute Gasteiger partial charge is 0.497 e. The van der Waals surface area contributed by atoms with E-state index in [9.17, 15) is 0 Å². The van der Waals surface area contributed by atoms with Crippen LogP contribution >= 0.6 is 0 Å². The molecule has 1 aliphatic carbocycles. The molecule has 2 heteroatoms. The Labute approximate surface area is 190 Å². The molecule has 0 aromatic heterocycles. The molecule has 2 nitrogen and oxygen atoms in total. The number of benzene rings is 2. The van der Waals surface area contributed by atoms with E-state index in [1.165, 1.54) is 101 Å². The summed E-state index contributed by atoms with van der Waals surface area (Å²) in [4.78, 5) is 0. The molecule has 0 unspecified atom stereocenters. The molecule has 2 aromatic rings. The first-order valence-electron chi connectivity index (χ1n) is 12.6. The Morgan fingerprint density at radius 2 is 0.742 bits per heavy atom. The zero-order valence-corrected chi connectivity index (χ0v) is 19.8. The van der Waals surface area contributed by atoms with Gasteiger partial charge in [0.2, 0.25) is 0 Å². The minimum absolute atomic E-state index is 0.0682. The summed E-state index contributed by atoms with van der Waals surface area (Å²) in [5, 5.41) is 0. The van der Waals surface area contributed by atoms with Crippen molar-refractivity contribution in [2.24, 2.45) is 0 Å². The highest BCUT2D eigenvalue weighted by atomic mass is 16.5. The smallest absolute Gasteiger partial charge is 0.118 e. The van der Waals surface area contributed by atoms with Gasteiger partial charge in [-0.15, -0.1) is 0 Å². The zero-order chi connectivity index (χ0) is 21.8. The van der Waals surface area contributed by atoms with Crippen molar-refractivity contribution in [3.05, 3.63) is 59.7 Å². The average Bonchev–Trinajstić information content (AvgIpc) is 2.84. The summed E-state index contributed by atoms with van der Waals surface area (Å²) < 4.78 is 10.9. The molecule has 0 amide bonds. The van der Waals surface area contributed by atoms with Crippen molar-refractivity contribution in [2.45, 2.75) is 95.3 Å². The molecule has 0 N–H and O–H groups in total. The van der Waals surface area contributed by atoms with Crippen molar-refractivity contribution in [1.82, 2.24) is 0 Å². The predicted octanol–water partition coefficient (Wildman–Crippen LogP) is 8.46. The molecular weight excluding hydrogens is 380 g/mol. The highest BCUT2D eigenvalue weighted by Gasteiger charge is 2.33. The first-order valence-corrected chi connectivity index (χ1v) is 12.6. The third-order valence-corrected chi connectivity index (χ3v) is 7.24. The topological polar surface area (TPSA) is 18.5 Å². The molecule has 0 atom stereocenters. The van der Waals surface area contributed by atoms with Crippen molar-refractivity contribution in [2.75, 3.05) is 14.2 Å². The molecule has 0 heterocycles. The van der Waals surface area contributed by atoms with Gasteiger partial charge in [0.1, 0.15) is 11.5 Å². The van der Waals surface area contributed by atoms with Crippen molar-refractivity contribution >= 4 is 0 Å². The number of hydrogen-bond acceptors (Lipinski definition) is 2. The van der Waals surface area contributed by atoms with Crippen molar-refractivity contribution in [3.8, 4) is 11.5 Å². The lowest BCUT2D eigenvalue weighted by atomic mass is 9.68. The number of methoxy groups -OCH3 is 2. The fraction of sp³-hybridized carbons (Fsp3) is 0.586. The molecule has 2 aromatic carbocycles. The van der Waals surface area contributed by atoms with Crippen LogP contribution in [0.3, 0.4) is 0 Å². The fourth-order valence-corrected chi connectivity index (χ4v) is 5.31. The zero-order valence-electron chi connectivity index (χ0n) is 19.8. The summed E-state index contributed by atoms with van der Waals surface area (Å²) in [7, 11) is 3.50. The Morgan fingerprint density at radius 1 is 0.452 bits per heavy atom. The van der Waals surface area contributed by atoms with Gasteiger partial charge in [-0.05, 0) is 48.2 Å². The van der Waals surface area contributed by atoms with E-state index in [1.54, 1.807) is 14.2 Å². The van der Waals surface area contributed by atoms with Crippen LogP contribution in [0.25, 0.3) is 0 Å². The summed E-state index contributed by atoms with van der Waals surface area (Å²) >= 11 is 0. The Kier molecular flexibility index (Phi) is 9.78. The second kappa shape index (κ2) is 12.8. The monoisotopic (exact) mass is 422 g/mol. The molecule has 0 spiro atoms. The molecule has 1 saturated carbocycles. The summed E-state index contributed by atoms with van der Waals surface area (Å²) in [6.07, 6.45) is 18.9. The van der Waals surface area contributed by atoms with Crippen LogP contribution in [0.4, 0.5) is 0 Å². The Morgan fingerprint density at radius 3 is 1.03 bits per heavy atom. The van der Waals surface area contributed by atoms with Crippen LogP contribution in [0.2, 0.25) is 0 Å². The van der Waals surface area contributed by atoms with E-state index in [-0.39, 0.29) is 5.41 Å². The van der Waals surface area contributed by atoms with E-state index >= 15 is 0 Å². The molecule has 1 fully saturated rings. The predicted molar refractivity (Wildman–Crippen MR) is 131 cm³/mol. The normalized spacial score (nSPS) is 19.0. The summed E-state index contributed by atoms with van der Waals surface area (Å²) in [5.74, 6) is 1.87. The summed E-state index contributed by atoms with van der Waals surface area (Å²) in [5.41, 5.74) is 2.93. The molecule has 170 valence electrons. The molecule has 0 aliphatic heterocycles. The minimum Gasteiger partial charge on any atom is -0.497 e. The Balaban J connectivity index is 1.91. The van der Waals surface area contributed by atoms with Crippen LogP contribution in [0.15, 0.2) is 48.5 Å². The molecule has 1 aliphatic rings. The van der Waals surface area contributed by atoms with Crippen LogP contribution in [-0.2, 0) is 5.41 Å². The average molecular weight is 423 g/mol. The van der Waals surface area contributed by atoms with Gasteiger partial charge in [-0.3, -0.25) is 0 Å². The van der Waals surface area contributed by atoms with E-state index in [1.807, 2.05) is 0 Å². The Hall–Kier alpha value is -1.96. The Bertz CT molecular complexity index is 667. The number of ether oxygens (including phenoxy) is 2. The quantitative estimate of drug-likeness (QED) is 0.492. The van der Waals surface area contributed by atoms with Gasteiger partial charge >= 0.3 is 0 Å². The molecule has 0 radical (unpaired) electrons. The van der Waals surface area contributed by atoms with Crippen molar-refractivity contribution in [1.29, 1.82) is 0 Å². The highest BCUT2D eigenvalue weighted by Crippen LogP contribution is 2.43. The maximum atomic E-state index is 5.46. The van der Waals surface area contributed by atoms with Gasteiger partial charge in [0.15, 0.2) is 0 Å². The SMILES string of the molecule is COc1ccc(C2(c3ccc(OC)cc3)CCCCCCCCCCCCCC2)cc1. The van der Waals surface area contributed by atoms with Crippen LogP contribution in [0, 0.1) is 0 Å². The molecule has 31 heavy (non-hydrogen) atoms. The third-order valence-electron chi connectivity index (χ3n) is 7.24. The lowest BCUT2D eigenvalue weighted by Gasteiger charge is -2.36. The second-order valence-corrected chi connectivity index (χ2v) is 9.28. The standard InChI is InChI=1S/C29H42O2/c1-30-27-19-15-25(16-20-27)29(26-17-21-28(31-2)22-18-26)23-13-11-9-7-5-3-4-6-8-10-12-14-24-29/h15-22H,3-14,23-24H2,1-2H3. The molecule has 0 saturated heterocycles. The van der Waals surface area contributed by atoms with E-state index in [2.05, 4.69) is 48.5 Å². The highest BCUT2D eigenvalue weighted by molar-refractivity contribution is 5.43. The van der Waals surface area contributed by atoms with Gasteiger partial charge in [0.25, 0.3) is 0 Å². The first-order chi connectivity index (χ1) is 15.3. The lowest BCUT2D eigenvalue weighted by Crippen LogP contribution is -2.28. The van der Waals surface area contributed by atoms with Crippen LogP contribution in [0.5, 0.6) is 11.5 Å². The minimum atomic E-state index is 0.0682. The maximum Gasteiger partial charge on any atom is 0.118 e. The van der Waals surface area contributed by atoms with Gasteiger partial charge in [-0.2, -0.15) is 0 Å². The van der Waals surface area contributed by atoms with Crippen LogP contribution in [-0.4, -0.2) is 14.2 Å². The van der Waals surface area contributed by atoms with E-state index in [0.29, 0.717) is 0 Å². The van der Waals surface area contributed by atoms with Gasteiger partial charge in [-0.25, -0.2) is 0 Å². The van der Waals surface area contributed by atoms with Crippen LogP contribution in [0.1, 0.15) is 101 Å². The van der Waals surface area contributed by atoms with Gasteiger partial charge < -0.3 is 9.47 Å². The maximum absolute atomic E-state index is 5.46.